The second-order valence-corrected chi connectivity index (χ2v) is 7.16. The number of nitrogens with one attached hydrogen (secondary N) is 1. The van der Waals surface area contributed by atoms with Crippen molar-refractivity contribution in [2.75, 3.05) is 18.5 Å². The number of aryl methyl sites for hydroxylation is 1. The van der Waals surface area contributed by atoms with E-state index < -0.39 is 5.97 Å². The maximum absolute atomic E-state index is 12.7. The Kier molecular flexibility index (Phi) is 5.93. The number of ether oxygens (including phenoxy) is 1. The van der Waals surface area contributed by atoms with Gasteiger partial charge in [-0.3, -0.25) is 9.59 Å². The molecule has 10 nitrogen and oxygen atoms in total. The van der Waals surface area contributed by atoms with Crippen molar-refractivity contribution in [3.05, 3.63) is 59.0 Å². The third kappa shape index (κ3) is 4.48. The van der Waals surface area contributed by atoms with E-state index in [0.29, 0.717) is 40.9 Å². The molecule has 0 unspecified atom stereocenters. The first kappa shape index (κ1) is 21.2. The lowest BCUT2D eigenvalue weighted by Gasteiger charge is -2.15. The minimum absolute atomic E-state index is 0.0949. The van der Waals surface area contributed by atoms with E-state index in [1.807, 2.05) is 0 Å². The van der Waals surface area contributed by atoms with Crippen LogP contribution in [0.25, 0.3) is 11.5 Å². The third-order valence-electron chi connectivity index (χ3n) is 4.88. The van der Waals surface area contributed by atoms with Gasteiger partial charge in [0.05, 0.1) is 12.2 Å². The monoisotopic (exact) mass is 435 g/mol. The summed E-state index contributed by atoms with van der Waals surface area (Å²) in [7, 11) is 0. The van der Waals surface area contributed by atoms with Crippen molar-refractivity contribution < 1.29 is 23.6 Å². The Morgan fingerprint density at radius 2 is 2.06 bits per heavy atom. The van der Waals surface area contributed by atoms with Crippen LogP contribution in [0.5, 0.6) is 0 Å². The molecule has 1 aliphatic heterocycles. The Bertz CT molecular complexity index is 1190. The molecule has 3 aromatic rings. The largest absolute Gasteiger partial charge is 0.462 e. The summed E-state index contributed by atoms with van der Waals surface area (Å²) in [5.41, 5.74) is 2.08. The van der Waals surface area contributed by atoms with Gasteiger partial charge in [-0.25, -0.2) is 9.78 Å². The minimum atomic E-state index is -0.466. The van der Waals surface area contributed by atoms with Gasteiger partial charge >= 0.3 is 5.97 Å². The van der Waals surface area contributed by atoms with Crippen molar-refractivity contribution >= 4 is 23.6 Å². The topological polar surface area (TPSA) is 128 Å². The molecule has 0 spiro atoms. The lowest BCUT2D eigenvalue weighted by Crippen LogP contribution is -2.28. The quantitative estimate of drug-likeness (QED) is 0.561. The Balaban J connectivity index is 1.35. The van der Waals surface area contributed by atoms with Gasteiger partial charge in [0, 0.05) is 32.0 Å². The molecule has 2 aromatic heterocycles. The van der Waals surface area contributed by atoms with E-state index in [4.69, 9.17) is 9.26 Å². The molecule has 0 atom stereocenters. The molecule has 164 valence electrons. The Morgan fingerprint density at radius 1 is 1.22 bits per heavy atom. The summed E-state index contributed by atoms with van der Waals surface area (Å²) in [5, 5.41) is 6.54. The van der Waals surface area contributed by atoms with Crippen molar-refractivity contribution in [3.8, 4) is 11.5 Å². The molecule has 1 aliphatic rings. The van der Waals surface area contributed by atoms with Crippen LogP contribution in [-0.2, 0) is 16.1 Å². The zero-order valence-electron chi connectivity index (χ0n) is 17.6. The van der Waals surface area contributed by atoms with Crippen LogP contribution in [0.1, 0.15) is 45.5 Å². The third-order valence-corrected chi connectivity index (χ3v) is 4.88. The van der Waals surface area contributed by atoms with Crippen molar-refractivity contribution in [2.45, 2.75) is 26.8 Å². The first-order chi connectivity index (χ1) is 15.4. The van der Waals surface area contributed by atoms with Gasteiger partial charge in [0.25, 0.3) is 5.91 Å². The van der Waals surface area contributed by atoms with Crippen LogP contribution in [0.15, 0.2) is 40.9 Å². The first-order valence-electron chi connectivity index (χ1n) is 10.1. The molecule has 1 N–H and O–H groups in total. The molecular formula is C22H21N5O5. The van der Waals surface area contributed by atoms with E-state index in [9.17, 15) is 14.4 Å². The van der Waals surface area contributed by atoms with E-state index in [2.05, 4.69) is 20.4 Å². The molecular weight excluding hydrogens is 414 g/mol. The molecule has 0 fully saturated rings. The van der Waals surface area contributed by atoms with Gasteiger partial charge in [-0.05, 0) is 36.8 Å². The number of rotatable bonds is 7. The summed E-state index contributed by atoms with van der Waals surface area (Å²) in [5.74, 6) is 0.140. The Hall–Kier alpha value is -4.08. The molecule has 3 heterocycles. The van der Waals surface area contributed by atoms with Crippen molar-refractivity contribution in [1.29, 1.82) is 0 Å². The van der Waals surface area contributed by atoms with Gasteiger partial charge < -0.3 is 19.5 Å². The first-order valence-corrected chi connectivity index (χ1v) is 10.1. The molecule has 0 saturated heterocycles. The lowest BCUT2D eigenvalue weighted by molar-refractivity contribution is -0.116. The summed E-state index contributed by atoms with van der Waals surface area (Å²) < 4.78 is 9.94. The van der Waals surface area contributed by atoms with Gasteiger partial charge in [0.15, 0.2) is 0 Å². The van der Waals surface area contributed by atoms with Gasteiger partial charge in [-0.15, -0.1) is 0 Å². The van der Waals surface area contributed by atoms with Crippen LogP contribution in [-0.4, -0.2) is 51.0 Å². The van der Waals surface area contributed by atoms with Crippen LogP contribution >= 0.6 is 0 Å². The Labute approximate surface area is 183 Å². The van der Waals surface area contributed by atoms with Crippen LogP contribution in [0.2, 0.25) is 0 Å². The number of esters is 1. The summed E-state index contributed by atoms with van der Waals surface area (Å²) in [4.78, 5) is 47.1. The number of hydrogen-bond acceptors (Lipinski definition) is 8. The number of pyridine rings is 1. The average molecular weight is 435 g/mol. The highest BCUT2D eigenvalue weighted by molar-refractivity contribution is 6.01. The highest BCUT2D eigenvalue weighted by atomic mass is 16.5. The summed E-state index contributed by atoms with van der Waals surface area (Å²) in [6, 6.07) is 10.0. The van der Waals surface area contributed by atoms with E-state index >= 15 is 0 Å². The molecule has 4 rings (SSSR count). The maximum atomic E-state index is 12.7. The molecule has 1 aromatic carbocycles. The fraction of sp³-hybridized carbons (Fsp3) is 0.273. The molecule has 10 heteroatoms. The smallest absolute Gasteiger partial charge is 0.338 e. The van der Waals surface area contributed by atoms with Crippen LogP contribution in [0.4, 0.5) is 5.82 Å². The van der Waals surface area contributed by atoms with Gasteiger partial charge in [0.1, 0.15) is 11.5 Å². The van der Waals surface area contributed by atoms with Gasteiger partial charge in [-0.1, -0.05) is 17.3 Å². The van der Waals surface area contributed by atoms with Crippen LogP contribution in [0.3, 0.4) is 0 Å². The van der Waals surface area contributed by atoms with Crippen LogP contribution < -0.4 is 5.32 Å². The SMILES string of the molecule is CCOC(=O)c1ccc2c(c1)C(=O)N(CCC(=O)Nc1cccc(-c3noc(C)n3)n1)C2. The lowest BCUT2D eigenvalue weighted by atomic mass is 10.1. The predicted molar refractivity (Wildman–Crippen MR) is 113 cm³/mol. The van der Waals surface area contributed by atoms with E-state index in [-0.39, 0.29) is 31.4 Å². The number of hydrogen-bond donors (Lipinski definition) is 1. The van der Waals surface area contributed by atoms with Crippen molar-refractivity contribution in [3.63, 3.8) is 0 Å². The Morgan fingerprint density at radius 3 is 2.81 bits per heavy atom. The number of carbonyl (C=O) groups excluding carboxylic acids is 3. The average Bonchev–Trinajstić information content (AvgIpc) is 3.35. The van der Waals surface area contributed by atoms with Crippen molar-refractivity contribution in [2.24, 2.45) is 0 Å². The highest BCUT2D eigenvalue weighted by Crippen LogP contribution is 2.24. The number of anilines is 1. The normalized spacial score (nSPS) is 12.6. The number of aromatic nitrogens is 3. The van der Waals surface area contributed by atoms with E-state index in [1.54, 1.807) is 55.1 Å². The highest BCUT2D eigenvalue weighted by Gasteiger charge is 2.28. The van der Waals surface area contributed by atoms with E-state index in [1.165, 1.54) is 0 Å². The molecule has 0 saturated carbocycles. The molecule has 0 radical (unpaired) electrons. The zero-order chi connectivity index (χ0) is 22.7. The minimum Gasteiger partial charge on any atom is -0.462 e. The maximum Gasteiger partial charge on any atom is 0.338 e. The number of amides is 2. The van der Waals surface area contributed by atoms with Gasteiger partial charge in [0.2, 0.25) is 17.6 Å². The predicted octanol–water partition coefficient (Wildman–Crippen LogP) is 2.60. The molecule has 0 aliphatic carbocycles. The summed E-state index contributed by atoms with van der Waals surface area (Å²) in [6.45, 7) is 4.28. The summed E-state index contributed by atoms with van der Waals surface area (Å²) >= 11 is 0. The van der Waals surface area contributed by atoms with Crippen LogP contribution in [0, 0.1) is 6.92 Å². The fourth-order valence-corrected chi connectivity index (χ4v) is 3.36. The molecule has 0 bridgehead atoms. The number of carbonyl (C=O) groups is 3. The number of fused-ring (bicyclic) bond motifs is 1. The number of benzene rings is 1. The second kappa shape index (κ2) is 8.96. The standard InChI is InChI=1S/C22H21N5O5/c1-3-31-22(30)14-7-8-15-12-27(21(29)16(15)11-14)10-9-19(28)25-18-6-4-5-17(24-18)20-23-13(2)32-26-20/h4-8,11H,3,9-10,12H2,1-2H3,(H,24,25,28). The van der Waals surface area contributed by atoms with Crippen molar-refractivity contribution in [1.82, 2.24) is 20.0 Å². The summed E-state index contributed by atoms with van der Waals surface area (Å²) in [6.07, 6.45) is 0.0949. The fourth-order valence-electron chi connectivity index (χ4n) is 3.36. The van der Waals surface area contributed by atoms with Gasteiger partial charge in [-0.2, -0.15) is 4.98 Å². The molecule has 2 amide bonds. The number of nitrogens with zero attached hydrogens (tertiary/aromatic N) is 4. The van der Waals surface area contributed by atoms with E-state index in [0.717, 1.165) is 5.56 Å². The second-order valence-electron chi connectivity index (χ2n) is 7.16. The zero-order valence-corrected chi connectivity index (χ0v) is 17.6. The molecule has 32 heavy (non-hydrogen) atoms.